The molecule has 1 fully saturated rings. The maximum Gasteiger partial charge on any atom is 0.137 e. The number of halogens is 1. The van der Waals surface area contributed by atoms with Crippen molar-refractivity contribution in [2.45, 2.75) is 25.4 Å². The van der Waals surface area contributed by atoms with Crippen LogP contribution >= 0.6 is 11.6 Å². The van der Waals surface area contributed by atoms with Crippen LogP contribution in [0.1, 0.15) is 18.5 Å². The van der Waals surface area contributed by atoms with Gasteiger partial charge in [-0.15, -0.1) is 0 Å². The number of hydrogen-bond acceptors (Lipinski definition) is 5. The number of nitrogens with zero attached hydrogens (tertiary/aromatic N) is 4. The molecule has 3 heterocycles. The molecule has 1 aromatic carbocycles. The average Bonchev–Trinajstić information content (AvgIpc) is 2.64. The number of rotatable bonds is 4. The minimum Gasteiger partial charge on any atom is -0.367 e. The molecule has 0 radical (unpaired) electrons. The highest BCUT2D eigenvalue weighted by molar-refractivity contribution is 6.31. The molecule has 5 nitrogen and oxygen atoms in total. The third-order valence-electron chi connectivity index (χ3n) is 4.64. The van der Waals surface area contributed by atoms with E-state index in [1.165, 1.54) is 0 Å². The molecule has 6 heteroatoms. The van der Waals surface area contributed by atoms with E-state index in [1.807, 2.05) is 36.5 Å². The number of aromatic nitrogens is 3. The van der Waals surface area contributed by atoms with Crippen LogP contribution in [0.4, 0.5) is 5.82 Å². The minimum atomic E-state index is 0.425. The van der Waals surface area contributed by atoms with Crippen LogP contribution in [0.25, 0.3) is 10.9 Å². The van der Waals surface area contributed by atoms with E-state index in [2.05, 4.69) is 31.2 Å². The number of pyridine rings is 1. The zero-order valence-electron chi connectivity index (χ0n) is 13.9. The molecule has 1 N–H and O–H groups in total. The molecule has 0 amide bonds. The van der Waals surface area contributed by atoms with Crippen molar-refractivity contribution in [3.8, 4) is 0 Å². The Balaban J connectivity index is 1.39. The van der Waals surface area contributed by atoms with Crippen LogP contribution in [0.2, 0.25) is 5.02 Å². The zero-order chi connectivity index (χ0) is 17.1. The molecule has 1 saturated heterocycles. The number of piperidine rings is 1. The highest BCUT2D eigenvalue weighted by Gasteiger charge is 2.20. The summed E-state index contributed by atoms with van der Waals surface area (Å²) in [6.45, 7) is 3.04. The summed E-state index contributed by atoms with van der Waals surface area (Å²) < 4.78 is 0. The monoisotopic (exact) mass is 353 g/mol. The van der Waals surface area contributed by atoms with E-state index in [0.29, 0.717) is 11.1 Å². The van der Waals surface area contributed by atoms with Crippen molar-refractivity contribution >= 4 is 28.3 Å². The van der Waals surface area contributed by atoms with Crippen LogP contribution in [0.3, 0.4) is 0 Å². The van der Waals surface area contributed by atoms with E-state index in [-0.39, 0.29) is 0 Å². The molecule has 3 aromatic rings. The van der Waals surface area contributed by atoms with Gasteiger partial charge in [0.1, 0.15) is 12.1 Å². The second-order valence-electron chi connectivity index (χ2n) is 6.40. The Hall–Kier alpha value is -2.24. The first-order chi connectivity index (χ1) is 12.3. The lowest BCUT2D eigenvalue weighted by Crippen LogP contribution is -2.39. The van der Waals surface area contributed by atoms with Crippen LogP contribution in [0, 0.1) is 0 Å². The second-order valence-corrected chi connectivity index (χ2v) is 6.84. The van der Waals surface area contributed by atoms with Gasteiger partial charge in [0, 0.05) is 42.3 Å². The molecular formula is C19H20ClN5. The minimum absolute atomic E-state index is 0.425. The van der Waals surface area contributed by atoms with Gasteiger partial charge in [0.25, 0.3) is 0 Å². The first-order valence-electron chi connectivity index (χ1n) is 8.57. The molecule has 0 aliphatic carbocycles. The van der Waals surface area contributed by atoms with Gasteiger partial charge in [-0.2, -0.15) is 0 Å². The number of benzene rings is 1. The maximum atomic E-state index is 6.05. The fourth-order valence-corrected chi connectivity index (χ4v) is 3.46. The molecular weight excluding hydrogens is 334 g/mol. The molecule has 25 heavy (non-hydrogen) atoms. The van der Waals surface area contributed by atoms with Gasteiger partial charge in [-0.05, 0) is 43.2 Å². The lowest BCUT2D eigenvalue weighted by Gasteiger charge is -2.32. The predicted octanol–water partition coefficient (Wildman–Crippen LogP) is 3.75. The van der Waals surface area contributed by atoms with Gasteiger partial charge in [-0.25, -0.2) is 9.97 Å². The van der Waals surface area contributed by atoms with E-state index < -0.39 is 0 Å². The normalized spacial score (nSPS) is 16.2. The van der Waals surface area contributed by atoms with Crippen molar-refractivity contribution in [2.24, 2.45) is 0 Å². The molecule has 0 bridgehead atoms. The van der Waals surface area contributed by atoms with Crippen LogP contribution in [-0.4, -0.2) is 39.0 Å². The summed E-state index contributed by atoms with van der Waals surface area (Å²) in [6.07, 6.45) is 5.63. The highest BCUT2D eigenvalue weighted by Crippen LogP contribution is 2.24. The SMILES string of the molecule is Clc1ccc2c(NC3CCN(Cc4ccccn4)CC3)ncnc2c1. The van der Waals surface area contributed by atoms with E-state index in [4.69, 9.17) is 11.6 Å². The summed E-state index contributed by atoms with van der Waals surface area (Å²) in [4.78, 5) is 15.6. The molecule has 128 valence electrons. The van der Waals surface area contributed by atoms with Gasteiger partial charge in [0.05, 0.1) is 11.2 Å². The third kappa shape index (κ3) is 3.89. The number of hydrogen-bond donors (Lipinski definition) is 1. The van der Waals surface area contributed by atoms with Crippen LogP contribution < -0.4 is 5.32 Å². The lowest BCUT2D eigenvalue weighted by atomic mass is 10.0. The van der Waals surface area contributed by atoms with Gasteiger partial charge >= 0.3 is 0 Å². The molecule has 1 aliphatic heterocycles. The first kappa shape index (κ1) is 16.2. The summed E-state index contributed by atoms with van der Waals surface area (Å²) in [6, 6.07) is 12.3. The molecule has 0 saturated carbocycles. The van der Waals surface area contributed by atoms with Crippen molar-refractivity contribution in [2.75, 3.05) is 18.4 Å². The topological polar surface area (TPSA) is 53.9 Å². The number of nitrogens with one attached hydrogen (secondary N) is 1. The predicted molar refractivity (Wildman–Crippen MR) is 101 cm³/mol. The van der Waals surface area contributed by atoms with Crippen molar-refractivity contribution < 1.29 is 0 Å². The van der Waals surface area contributed by atoms with Gasteiger partial charge < -0.3 is 5.32 Å². The smallest absolute Gasteiger partial charge is 0.137 e. The number of anilines is 1. The molecule has 2 aromatic heterocycles. The Bertz CT molecular complexity index is 847. The second kappa shape index (κ2) is 7.33. The standard InChI is InChI=1S/C19H20ClN5/c20-14-4-5-17-18(11-14)22-13-23-19(17)24-15-6-9-25(10-7-15)12-16-3-1-2-8-21-16/h1-5,8,11,13,15H,6-7,9-10,12H2,(H,22,23,24). The maximum absolute atomic E-state index is 6.05. The molecule has 0 spiro atoms. The summed E-state index contributed by atoms with van der Waals surface area (Å²) in [7, 11) is 0. The van der Waals surface area contributed by atoms with Gasteiger partial charge in [-0.3, -0.25) is 9.88 Å². The van der Waals surface area contributed by atoms with E-state index in [0.717, 1.165) is 54.9 Å². The van der Waals surface area contributed by atoms with E-state index in [9.17, 15) is 0 Å². The fourth-order valence-electron chi connectivity index (χ4n) is 3.29. The van der Waals surface area contributed by atoms with Crippen LogP contribution in [0.15, 0.2) is 48.9 Å². The summed E-state index contributed by atoms with van der Waals surface area (Å²) in [5.41, 5.74) is 2.00. The Morgan fingerprint density at radius 2 is 1.96 bits per heavy atom. The zero-order valence-corrected chi connectivity index (χ0v) is 14.7. The van der Waals surface area contributed by atoms with Crippen LogP contribution in [0.5, 0.6) is 0 Å². The Labute approximate surface area is 152 Å². The number of fused-ring (bicyclic) bond motifs is 1. The first-order valence-corrected chi connectivity index (χ1v) is 8.95. The third-order valence-corrected chi connectivity index (χ3v) is 4.87. The summed E-state index contributed by atoms with van der Waals surface area (Å²) in [5, 5.41) is 5.30. The fraction of sp³-hybridized carbons (Fsp3) is 0.316. The number of likely N-dealkylation sites (tertiary alicyclic amines) is 1. The van der Waals surface area contributed by atoms with Gasteiger partial charge in [0.15, 0.2) is 0 Å². The largest absolute Gasteiger partial charge is 0.367 e. The summed E-state index contributed by atoms with van der Waals surface area (Å²) in [5.74, 6) is 0.893. The van der Waals surface area contributed by atoms with Crippen molar-refractivity contribution in [3.05, 3.63) is 59.6 Å². The molecule has 0 unspecified atom stereocenters. The Kier molecular flexibility index (Phi) is 4.76. The summed E-state index contributed by atoms with van der Waals surface area (Å²) >= 11 is 6.05. The van der Waals surface area contributed by atoms with Crippen molar-refractivity contribution in [3.63, 3.8) is 0 Å². The molecule has 1 aliphatic rings. The quantitative estimate of drug-likeness (QED) is 0.774. The lowest BCUT2D eigenvalue weighted by molar-refractivity contribution is 0.209. The van der Waals surface area contributed by atoms with Gasteiger partial charge in [-0.1, -0.05) is 17.7 Å². The Morgan fingerprint density at radius 3 is 2.76 bits per heavy atom. The average molecular weight is 354 g/mol. The molecule has 4 rings (SSSR count). The highest BCUT2D eigenvalue weighted by atomic mass is 35.5. The van der Waals surface area contributed by atoms with Gasteiger partial charge in [0.2, 0.25) is 0 Å². The van der Waals surface area contributed by atoms with Crippen molar-refractivity contribution in [1.82, 2.24) is 19.9 Å². The Morgan fingerprint density at radius 1 is 1.08 bits per heavy atom. The van der Waals surface area contributed by atoms with E-state index >= 15 is 0 Å². The van der Waals surface area contributed by atoms with E-state index in [1.54, 1.807) is 6.33 Å². The molecule has 0 atom stereocenters. The van der Waals surface area contributed by atoms with Crippen molar-refractivity contribution in [1.29, 1.82) is 0 Å². The van der Waals surface area contributed by atoms with Crippen LogP contribution in [-0.2, 0) is 6.54 Å².